The molecule has 0 aliphatic rings. The first-order valence-corrected chi connectivity index (χ1v) is 7.44. The van der Waals surface area contributed by atoms with Gasteiger partial charge in [0.25, 0.3) is 0 Å². The molecule has 1 N–H and O–H groups in total. The Bertz CT molecular complexity index is 797. The van der Waals surface area contributed by atoms with Crippen molar-refractivity contribution >= 4 is 5.65 Å². The fraction of sp³-hybridized carbons (Fsp3) is 0.294. The number of fused-ring (bicyclic) bond motifs is 1. The minimum atomic E-state index is 0.743. The van der Waals surface area contributed by atoms with Gasteiger partial charge < -0.3 is 9.72 Å². The first kappa shape index (κ1) is 14.5. The Morgan fingerprint density at radius 3 is 2.86 bits per heavy atom. The lowest BCUT2D eigenvalue weighted by Crippen LogP contribution is -2.13. The number of rotatable bonds is 6. The van der Waals surface area contributed by atoms with Crippen molar-refractivity contribution in [3.8, 4) is 0 Å². The maximum atomic E-state index is 4.61. The summed E-state index contributed by atoms with van der Waals surface area (Å²) in [5.74, 6) is 0. The van der Waals surface area contributed by atoms with Crippen LogP contribution in [0.5, 0.6) is 0 Å². The van der Waals surface area contributed by atoms with E-state index in [4.69, 9.17) is 0 Å². The summed E-state index contributed by atoms with van der Waals surface area (Å²) < 4.78 is 3.98. The summed E-state index contributed by atoms with van der Waals surface area (Å²) in [5.41, 5.74) is 5.52. The molecule has 3 aromatic rings. The van der Waals surface area contributed by atoms with Crippen LogP contribution in [0.25, 0.3) is 5.65 Å². The maximum absolute atomic E-state index is 4.61. The molecule has 0 bridgehead atoms. The van der Waals surface area contributed by atoms with E-state index >= 15 is 0 Å². The SMILES string of the molecule is C=CCn1cc(CNCc2cn3cc(C)ccc3n2)c(C)n1. The Labute approximate surface area is 130 Å². The van der Waals surface area contributed by atoms with Crippen LogP contribution in [0.2, 0.25) is 0 Å². The van der Waals surface area contributed by atoms with Crippen molar-refractivity contribution < 1.29 is 0 Å². The second kappa shape index (κ2) is 6.15. The molecule has 0 saturated carbocycles. The summed E-state index contributed by atoms with van der Waals surface area (Å²) in [6.07, 6.45) is 8.08. The molecule has 0 aliphatic carbocycles. The summed E-state index contributed by atoms with van der Waals surface area (Å²) in [6, 6.07) is 4.12. The summed E-state index contributed by atoms with van der Waals surface area (Å²) in [4.78, 5) is 4.61. The number of aryl methyl sites for hydroxylation is 2. The van der Waals surface area contributed by atoms with Gasteiger partial charge in [-0.05, 0) is 25.5 Å². The van der Waals surface area contributed by atoms with Crippen molar-refractivity contribution in [2.75, 3.05) is 0 Å². The van der Waals surface area contributed by atoms with Crippen LogP contribution >= 0.6 is 0 Å². The molecule has 0 atom stereocenters. The predicted molar refractivity (Wildman–Crippen MR) is 87.6 cm³/mol. The van der Waals surface area contributed by atoms with E-state index in [9.17, 15) is 0 Å². The number of pyridine rings is 1. The van der Waals surface area contributed by atoms with Crippen molar-refractivity contribution in [2.45, 2.75) is 33.5 Å². The monoisotopic (exact) mass is 295 g/mol. The number of hydrogen-bond donors (Lipinski definition) is 1. The number of hydrogen-bond acceptors (Lipinski definition) is 3. The first-order chi connectivity index (χ1) is 10.7. The Morgan fingerprint density at radius 1 is 1.18 bits per heavy atom. The third-order valence-electron chi connectivity index (χ3n) is 3.63. The molecule has 5 nitrogen and oxygen atoms in total. The van der Waals surface area contributed by atoms with Crippen molar-refractivity contribution in [1.29, 1.82) is 0 Å². The van der Waals surface area contributed by atoms with Gasteiger partial charge in [0.1, 0.15) is 5.65 Å². The normalized spacial score (nSPS) is 11.2. The van der Waals surface area contributed by atoms with Crippen molar-refractivity contribution in [1.82, 2.24) is 24.5 Å². The number of nitrogens with one attached hydrogen (secondary N) is 1. The molecule has 0 amide bonds. The van der Waals surface area contributed by atoms with Gasteiger partial charge in [-0.25, -0.2) is 4.98 Å². The minimum absolute atomic E-state index is 0.743. The molecule has 0 fully saturated rings. The summed E-state index contributed by atoms with van der Waals surface area (Å²) in [7, 11) is 0. The fourth-order valence-electron chi connectivity index (χ4n) is 2.52. The number of allylic oxidation sites excluding steroid dienone is 1. The molecule has 3 rings (SSSR count). The highest BCUT2D eigenvalue weighted by Gasteiger charge is 2.05. The first-order valence-electron chi connectivity index (χ1n) is 7.44. The molecule has 3 heterocycles. The van der Waals surface area contributed by atoms with Gasteiger partial charge in [-0.15, -0.1) is 6.58 Å². The lowest BCUT2D eigenvalue weighted by Gasteiger charge is -2.00. The fourth-order valence-corrected chi connectivity index (χ4v) is 2.52. The van der Waals surface area contributed by atoms with Crippen LogP contribution in [0, 0.1) is 13.8 Å². The van der Waals surface area contributed by atoms with Crippen molar-refractivity contribution in [2.24, 2.45) is 0 Å². The quantitative estimate of drug-likeness (QED) is 0.711. The van der Waals surface area contributed by atoms with Gasteiger partial charge in [-0.2, -0.15) is 5.10 Å². The Kier molecular flexibility index (Phi) is 4.06. The molecule has 114 valence electrons. The smallest absolute Gasteiger partial charge is 0.137 e. The zero-order valence-electron chi connectivity index (χ0n) is 13.1. The van der Waals surface area contributed by atoms with E-state index in [1.807, 2.05) is 23.7 Å². The molecular weight excluding hydrogens is 274 g/mol. The lowest BCUT2D eigenvalue weighted by atomic mass is 10.2. The highest BCUT2D eigenvalue weighted by molar-refractivity contribution is 5.41. The van der Waals surface area contributed by atoms with E-state index in [0.29, 0.717) is 0 Å². The third kappa shape index (κ3) is 3.09. The highest BCUT2D eigenvalue weighted by atomic mass is 15.3. The van der Waals surface area contributed by atoms with E-state index in [1.165, 1.54) is 11.1 Å². The van der Waals surface area contributed by atoms with Crippen LogP contribution < -0.4 is 5.32 Å². The molecule has 0 aliphatic heterocycles. The molecular formula is C17H21N5. The third-order valence-corrected chi connectivity index (χ3v) is 3.63. The van der Waals surface area contributed by atoms with E-state index in [-0.39, 0.29) is 0 Å². The second-order valence-electron chi connectivity index (χ2n) is 5.56. The summed E-state index contributed by atoms with van der Waals surface area (Å²) >= 11 is 0. The Morgan fingerprint density at radius 2 is 2.05 bits per heavy atom. The van der Waals surface area contributed by atoms with Crippen molar-refractivity contribution in [3.05, 3.63) is 65.9 Å². The largest absolute Gasteiger partial charge is 0.307 e. The molecule has 22 heavy (non-hydrogen) atoms. The molecule has 0 saturated heterocycles. The van der Waals surface area contributed by atoms with E-state index < -0.39 is 0 Å². The van der Waals surface area contributed by atoms with Crippen LogP contribution in [0.15, 0.2) is 43.4 Å². The molecule has 0 radical (unpaired) electrons. The van der Waals surface area contributed by atoms with Crippen LogP contribution in [-0.4, -0.2) is 19.2 Å². The molecule has 5 heteroatoms. The number of aromatic nitrogens is 4. The van der Waals surface area contributed by atoms with Crippen LogP contribution in [0.4, 0.5) is 0 Å². The van der Waals surface area contributed by atoms with Gasteiger partial charge in [0.15, 0.2) is 0 Å². The maximum Gasteiger partial charge on any atom is 0.137 e. The van der Waals surface area contributed by atoms with Gasteiger partial charge >= 0.3 is 0 Å². The van der Waals surface area contributed by atoms with Gasteiger partial charge in [0.05, 0.1) is 17.9 Å². The van der Waals surface area contributed by atoms with Crippen LogP contribution in [0.3, 0.4) is 0 Å². The lowest BCUT2D eigenvalue weighted by molar-refractivity contribution is 0.677. The average molecular weight is 295 g/mol. The molecule has 3 aromatic heterocycles. The van der Waals surface area contributed by atoms with E-state index in [2.05, 4.69) is 58.0 Å². The number of nitrogens with zero attached hydrogens (tertiary/aromatic N) is 4. The van der Waals surface area contributed by atoms with Gasteiger partial charge in [-0.1, -0.05) is 12.1 Å². The van der Waals surface area contributed by atoms with Gasteiger partial charge in [-0.3, -0.25) is 4.68 Å². The minimum Gasteiger partial charge on any atom is -0.307 e. The standard InChI is InChI=1S/C17H21N5/c1-4-7-22-11-15(14(3)20-22)8-18-9-16-12-21-10-13(2)5-6-17(21)19-16/h4-6,10-12,18H,1,7-9H2,2-3H3. The van der Waals surface area contributed by atoms with Crippen LogP contribution in [0.1, 0.15) is 22.5 Å². The van der Waals surface area contributed by atoms with Gasteiger partial charge in [0, 0.05) is 37.2 Å². The predicted octanol–water partition coefficient (Wildman–Crippen LogP) is 2.62. The summed E-state index contributed by atoms with van der Waals surface area (Å²) in [5, 5.41) is 7.89. The van der Waals surface area contributed by atoms with Crippen molar-refractivity contribution in [3.63, 3.8) is 0 Å². The van der Waals surface area contributed by atoms with Gasteiger partial charge in [0.2, 0.25) is 0 Å². The zero-order valence-corrected chi connectivity index (χ0v) is 13.1. The second-order valence-corrected chi connectivity index (χ2v) is 5.56. The van der Waals surface area contributed by atoms with E-state index in [0.717, 1.165) is 36.7 Å². The summed E-state index contributed by atoms with van der Waals surface area (Å²) in [6.45, 7) is 10.1. The zero-order chi connectivity index (χ0) is 15.5. The van der Waals surface area contributed by atoms with E-state index in [1.54, 1.807) is 0 Å². The molecule has 0 spiro atoms. The topological polar surface area (TPSA) is 47.2 Å². The number of imidazole rings is 1. The van der Waals surface area contributed by atoms with Crippen LogP contribution in [-0.2, 0) is 19.6 Å². The Balaban J connectivity index is 1.63. The molecule has 0 aromatic carbocycles. The highest BCUT2D eigenvalue weighted by Crippen LogP contribution is 2.09. The molecule has 0 unspecified atom stereocenters. The average Bonchev–Trinajstić information content (AvgIpc) is 3.02. The Hall–Kier alpha value is -2.40.